The van der Waals surface area contributed by atoms with Gasteiger partial charge in [-0.05, 0) is 59.0 Å². The molecule has 0 saturated carbocycles. The minimum absolute atomic E-state index is 0.101. The first kappa shape index (κ1) is 20.0. The predicted molar refractivity (Wildman–Crippen MR) is 125 cm³/mol. The largest absolute Gasteiger partial charge is 0.373 e. The number of hydrogen-bond acceptors (Lipinski definition) is 4. The van der Waals surface area contributed by atoms with E-state index in [-0.39, 0.29) is 12.0 Å². The summed E-state index contributed by atoms with van der Waals surface area (Å²) in [6.07, 6.45) is 1.92. The summed E-state index contributed by atoms with van der Waals surface area (Å²) in [7, 11) is 0. The van der Waals surface area contributed by atoms with E-state index in [1.807, 2.05) is 18.2 Å². The molecule has 5 rings (SSSR count). The maximum Gasteiger partial charge on any atom is 0.248 e. The van der Waals surface area contributed by atoms with Gasteiger partial charge >= 0.3 is 0 Å². The Hall–Kier alpha value is -2.89. The maximum absolute atomic E-state index is 11.5. The van der Waals surface area contributed by atoms with Crippen LogP contribution in [-0.2, 0) is 11.2 Å². The Morgan fingerprint density at radius 2 is 1.77 bits per heavy atom. The van der Waals surface area contributed by atoms with Gasteiger partial charge in [0.05, 0.1) is 12.7 Å². The number of benzene rings is 3. The van der Waals surface area contributed by atoms with E-state index in [4.69, 9.17) is 10.5 Å². The van der Waals surface area contributed by atoms with Crippen LogP contribution >= 0.6 is 0 Å². The highest BCUT2D eigenvalue weighted by Crippen LogP contribution is 2.31. The number of primary amides is 1. The second-order valence-corrected chi connectivity index (χ2v) is 8.54. The van der Waals surface area contributed by atoms with Crippen molar-refractivity contribution in [3.05, 3.63) is 77.4 Å². The molecule has 0 bridgehead atoms. The number of anilines is 1. The summed E-state index contributed by atoms with van der Waals surface area (Å²) in [6.45, 7) is 5.94. The van der Waals surface area contributed by atoms with Crippen molar-refractivity contribution in [2.75, 3.05) is 44.2 Å². The fraction of sp³-hybridized carbons (Fsp3) is 0.346. The Labute approximate surface area is 183 Å². The molecule has 2 heterocycles. The van der Waals surface area contributed by atoms with Crippen molar-refractivity contribution in [1.82, 2.24) is 4.90 Å². The number of hydrogen-bond donors (Lipinski definition) is 1. The van der Waals surface area contributed by atoms with Crippen LogP contribution < -0.4 is 10.6 Å². The number of nitrogens with zero attached hydrogens (tertiary/aromatic N) is 2. The van der Waals surface area contributed by atoms with Crippen molar-refractivity contribution in [3.63, 3.8) is 0 Å². The number of carbonyl (C=O) groups excluding carboxylic acids is 1. The van der Waals surface area contributed by atoms with Crippen LogP contribution in [0, 0.1) is 0 Å². The van der Waals surface area contributed by atoms with Gasteiger partial charge in [-0.15, -0.1) is 0 Å². The molecule has 1 fully saturated rings. The van der Waals surface area contributed by atoms with Crippen LogP contribution in [0.2, 0.25) is 0 Å². The summed E-state index contributed by atoms with van der Waals surface area (Å²) in [5.41, 5.74) is 9.75. The van der Waals surface area contributed by atoms with Gasteiger partial charge in [0.2, 0.25) is 5.91 Å². The van der Waals surface area contributed by atoms with Crippen molar-refractivity contribution < 1.29 is 9.53 Å². The first-order chi connectivity index (χ1) is 15.2. The molecule has 0 aromatic heterocycles. The third-order valence-corrected chi connectivity index (χ3v) is 6.64. The van der Waals surface area contributed by atoms with E-state index in [0.29, 0.717) is 12.2 Å². The van der Waals surface area contributed by atoms with Gasteiger partial charge in [-0.25, -0.2) is 0 Å². The molecule has 1 amide bonds. The lowest BCUT2D eigenvalue weighted by atomic mass is 9.93. The van der Waals surface area contributed by atoms with Crippen LogP contribution in [0.5, 0.6) is 0 Å². The van der Waals surface area contributed by atoms with E-state index in [1.165, 1.54) is 27.6 Å². The molecular formula is C26H29N3O2. The first-order valence-electron chi connectivity index (χ1n) is 11.2. The highest BCUT2D eigenvalue weighted by molar-refractivity contribution is 5.93. The summed E-state index contributed by atoms with van der Waals surface area (Å²) < 4.78 is 6.07. The maximum atomic E-state index is 11.5. The third kappa shape index (κ3) is 4.29. The van der Waals surface area contributed by atoms with E-state index < -0.39 is 0 Å². The number of fused-ring (bicyclic) bond motifs is 2. The molecule has 5 heteroatoms. The summed E-state index contributed by atoms with van der Waals surface area (Å²) in [5, 5.41) is 2.59. The number of carbonyl (C=O) groups is 1. The molecule has 0 aliphatic carbocycles. The lowest BCUT2D eigenvalue weighted by Gasteiger charge is -2.37. The molecular weight excluding hydrogens is 386 g/mol. The van der Waals surface area contributed by atoms with Crippen LogP contribution in [0.15, 0.2) is 60.7 Å². The van der Waals surface area contributed by atoms with Crippen molar-refractivity contribution in [1.29, 1.82) is 0 Å². The molecule has 1 saturated heterocycles. The zero-order chi connectivity index (χ0) is 21.2. The highest BCUT2D eigenvalue weighted by atomic mass is 16.5. The third-order valence-electron chi connectivity index (χ3n) is 6.64. The SMILES string of the molecule is NC(=O)c1ccc2c(c1)CCO[C@H]2CCN1CCN(c2ccc3ccccc3c2)CC1. The van der Waals surface area contributed by atoms with Gasteiger partial charge in [0.15, 0.2) is 0 Å². The summed E-state index contributed by atoms with van der Waals surface area (Å²) >= 11 is 0. The van der Waals surface area contributed by atoms with Crippen molar-refractivity contribution in [2.24, 2.45) is 5.73 Å². The van der Waals surface area contributed by atoms with Crippen molar-refractivity contribution >= 4 is 22.4 Å². The fourth-order valence-corrected chi connectivity index (χ4v) is 4.83. The second-order valence-electron chi connectivity index (χ2n) is 8.54. The van der Waals surface area contributed by atoms with E-state index in [2.05, 4.69) is 52.3 Å². The van der Waals surface area contributed by atoms with Gasteiger partial charge < -0.3 is 15.4 Å². The normalized spacial score (nSPS) is 19.4. The number of nitrogens with two attached hydrogens (primary N) is 1. The van der Waals surface area contributed by atoms with Gasteiger partial charge in [-0.1, -0.05) is 36.4 Å². The van der Waals surface area contributed by atoms with Crippen molar-refractivity contribution in [2.45, 2.75) is 18.9 Å². The molecule has 31 heavy (non-hydrogen) atoms. The smallest absolute Gasteiger partial charge is 0.248 e. The quantitative estimate of drug-likeness (QED) is 0.689. The number of ether oxygens (including phenoxy) is 1. The molecule has 3 aromatic carbocycles. The Morgan fingerprint density at radius 1 is 0.968 bits per heavy atom. The van der Waals surface area contributed by atoms with Gasteiger partial charge in [-0.3, -0.25) is 9.69 Å². The Bertz CT molecular complexity index is 1090. The lowest BCUT2D eigenvalue weighted by Crippen LogP contribution is -2.46. The number of amides is 1. The number of rotatable bonds is 5. The summed E-state index contributed by atoms with van der Waals surface area (Å²) in [5.74, 6) is -0.366. The van der Waals surface area contributed by atoms with Crippen molar-refractivity contribution in [3.8, 4) is 0 Å². The molecule has 0 unspecified atom stereocenters. The van der Waals surface area contributed by atoms with E-state index in [9.17, 15) is 4.79 Å². The molecule has 5 nitrogen and oxygen atoms in total. The van der Waals surface area contributed by atoms with Crippen LogP contribution in [-0.4, -0.2) is 50.1 Å². The molecule has 2 N–H and O–H groups in total. The molecule has 3 aromatic rings. The molecule has 2 aliphatic rings. The van der Waals surface area contributed by atoms with Gasteiger partial charge in [-0.2, -0.15) is 0 Å². The molecule has 2 aliphatic heterocycles. The zero-order valence-corrected chi connectivity index (χ0v) is 17.8. The Balaban J connectivity index is 1.18. The molecule has 1 atom stereocenters. The number of piperazine rings is 1. The molecule has 160 valence electrons. The van der Waals surface area contributed by atoms with Crippen LogP contribution in [0.4, 0.5) is 5.69 Å². The monoisotopic (exact) mass is 415 g/mol. The molecule has 0 radical (unpaired) electrons. The minimum atomic E-state index is -0.366. The topological polar surface area (TPSA) is 58.8 Å². The zero-order valence-electron chi connectivity index (χ0n) is 17.8. The fourth-order valence-electron chi connectivity index (χ4n) is 4.83. The van der Waals surface area contributed by atoms with Gasteiger partial charge in [0.1, 0.15) is 0 Å². The predicted octanol–water partition coefficient (Wildman–Crippen LogP) is 3.76. The Morgan fingerprint density at radius 3 is 2.58 bits per heavy atom. The highest BCUT2D eigenvalue weighted by Gasteiger charge is 2.24. The van der Waals surface area contributed by atoms with Crippen LogP contribution in [0.25, 0.3) is 10.8 Å². The molecule has 0 spiro atoms. The van der Waals surface area contributed by atoms with E-state index in [1.54, 1.807) is 0 Å². The standard InChI is InChI=1S/C26H29N3O2/c27-26(30)22-6-8-24-21(17-22)10-16-31-25(24)9-11-28-12-14-29(15-13-28)23-7-5-19-3-1-2-4-20(19)18-23/h1-8,17-18,25H,9-16H2,(H2,27,30)/t25-/m0/s1. The van der Waals surface area contributed by atoms with Gasteiger partial charge in [0.25, 0.3) is 0 Å². The van der Waals surface area contributed by atoms with Crippen LogP contribution in [0.1, 0.15) is 34.0 Å². The lowest BCUT2D eigenvalue weighted by molar-refractivity contribution is 0.0289. The summed E-state index contributed by atoms with van der Waals surface area (Å²) in [6, 6.07) is 21.1. The second kappa shape index (κ2) is 8.69. The first-order valence-corrected chi connectivity index (χ1v) is 11.2. The van der Waals surface area contributed by atoms with E-state index in [0.717, 1.165) is 45.6 Å². The van der Waals surface area contributed by atoms with E-state index >= 15 is 0 Å². The average Bonchev–Trinajstić information content (AvgIpc) is 2.82. The minimum Gasteiger partial charge on any atom is -0.373 e. The van der Waals surface area contributed by atoms with Crippen LogP contribution in [0.3, 0.4) is 0 Å². The summed E-state index contributed by atoms with van der Waals surface area (Å²) in [4.78, 5) is 16.5. The average molecular weight is 416 g/mol. The van der Waals surface area contributed by atoms with Gasteiger partial charge in [0, 0.05) is 44.0 Å². The Kier molecular flexibility index (Phi) is 5.62.